The molecule has 70 valence electrons. The summed E-state index contributed by atoms with van der Waals surface area (Å²) in [6.07, 6.45) is 0.337. The molecule has 2 aromatic rings. The van der Waals surface area contributed by atoms with Crippen LogP contribution in [-0.4, -0.2) is 17.3 Å². The summed E-state index contributed by atoms with van der Waals surface area (Å²) in [6, 6.07) is 7.68. The van der Waals surface area contributed by atoms with Gasteiger partial charge in [0.15, 0.2) is 0 Å². The minimum atomic E-state index is 0.337. The number of rotatable bonds is 2. The number of aromatic amines is 1. The maximum absolute atomic E-state index is 8.59. The second-order valence-corrected chi connectivity index (χ2v) is 2.92. The van der Waals surface area contributed by atoms with Crippen molar-refractivity contribution >= 4 is 10.9 Å². The summed E-state index contributed by atoms with van der Waals surface area (Å²) in [4.78, 5) is 0. The largest absolute Gasteiger partial charge is 0.497 e. The second-order valence-electron chi connectivity index (χ2n) is 2.92. The van der Waals surface area contributed by atoms with Gasteiger partial charge in [0.2, 0.25) is 0 Å². The van der Waals surface area contributed by atoms with Crippen LogP contribution in [0.15, 0.2) is 18.2 Å². The maximum Gasteiger partial charge on any atom is 0.119 e. The molecule has 14 heavy (non-hydrogen) atoms. The Morgan fingerprint density at radius 1 is 1.57 bits per heavy atom. The van der Waals surface area contributed by atoms with Gasteiger partial charge >= 0.3 is 0 Å². The van der Waals surface area contributed by atoms with Crippen molar-refractivity contribution < 1.29 is 4.74 Å². The van der Waals surface area contributed by atoms with E-state index >= 15 is 0 Å². The number of nitriles is 1. The number of aromatic nitrogens is 2. The molecule has 0 saturated carbocycles. The molecule has 0 unspecified atom stereocenters. The summed E-state index contributed by atoms with van der Waals surface area (Å²) in [7, 11) is 1.62. The van der Waals surface area contributed by atoms with Gasteiger partial charge in [0.05, 0.1) is 30.8 Å². The van der Waals surface area contributed by atoms with Crippen molar-refractivity contribution in [2.45, 2.75) is 6.42 Å². The van der Waals surface area contributed by atoms with Crippen LogP contribution in [0, 0.1) is 11.3 Å². The van der Waals surface area contributed by atoms with Crippen molar-refractivity contribution in [1.29, 1.82) is 5.26 Å². The van der Waals surface area contributed by atoms with Crippen molar-refractivity contribution in [3.8, 4) is 11.8 Å². The first-order chi connectivity index (χ1) is 6.85. The standard InChI is InChI=1S/C10H9N3O/c1-14-7-2-3-9-8(6-7)10(4-5-11)13-12-9/h2-3,6H,4H2,1H3,(H,12,13). The van der Waals surface area contributed by atoms with Crippen LogP contribution in [0.3, 0.4) is 0 Å². The molecule has 0 spiro atoms. The topological polar surface area (TPSA) is 61.7 Å². The molecule has 0 saturated heterocycles. The van der Waals surface area contributed by atoms with Gasteiger partial charge < -0.3 is 4.74 Å². The summed E-state index contributed by atoms with van der Waals surface area (Å²) in [5.74, 6) is 0.776. The highest BCUT2D eigenvalue weighted by molar-refractivity contribution is 5.83. The highest BCUT2D eigenvalue weighted by Crippen LogP contribution is 2.21. The van der Waals surface area contributed by atoms with Crippen LogP contribution in [0.5, 0.6) is 5.75 Å². The molecule has 4 heteroatoms. The first-order valence-electron chi connectivity index (χ1n) is 4.23. The van der Waals surface area contributed by atoms with Gasteiger partial charge in [0.1, 0.15) is 5.75 Å². The van der Waals surface area contributed by atoms with Crippen LogP contribution in [0.4, 0.5) is 0 Å². The van der Waals surface area contributed by atoms with E-state index in [1.54, 1.807) is 7.11 Å². The highest BCUT2D eigenvalue weighted by Gasteiger charge is 2.05. The molecule has 1 N–H and O–H groups in total. The number of hydrogen-bond acceptors (Lipinski definition) is 3. The molecule has 0 radical (unpaired) electrons. The normalized spacial score (nSPS) is 10.0. The van der Waals surface area contributed by atoms with E-state index in [2.05, 4.69) is 16.3 Å². The Labute approximate surface area is 81.1 Å². The lowest BCUT2D eigenvalue weighted by Crippen LogP contribution is -1.84. The third-order valence-corrected chi connectivity index (χ3v) is 2.10. The van der Waals surface area contributed by atoms with E-state index in [-0.39, 0.29) is 0 Å². The molecule has 0 atom stereocenters. The van der Waals surface area contributed by atoms with Crippen molar-refractivity contribution in [2.75, 3.05) is 7.11 Å². The smallest absolute Gasteiger partial charge is 0.119 e. The van der Waals surface area contributed by atoms with Gasteiger partial charge in [-0.05, 0) is 18.2 Å². The number of H-pyrrole nitrogens is 1. The average molecular weight is 187 g/mol. The van der Waals surface area contributed by atoms with Gasteiger partial charge in [0, 0.05) is 5.39 Å². The van der Waals surface area contributed by atoms with Gasteiger partial charge in [0.25, 0.3) is 0 Å². The van der Waals surface area contributed by atoms with E-state index in [1.807, 2.05) is 18.2 Å². The van der Waals surface area contributed by atoms with Crippen molar-refractivity contribution in [3.63, 3.8) is 0 Å². The van der Waals surface area contributed by atoms with Crippen LogP contribution >= 0.6 is 0 Å². The molecule has 0 aliphatic carbocycles. The van der Waals surface area contributed by atoms with Crippen molar-refractivity contribution in [2.24, 2.45) is 0 Å². The van der Waals surface area contributed by atoms with Gasteiger partial charge in [-0.1, -0.05) is 0 Å². The number of methoxy groups -OCH3 is 1. The first-order valence-corrected chi connectivity index (χ1v) is 4.23. The molecule has 2 rings (SSSR count). The Bertz CT molecular complexity index is 496. The fraction of sp³-hybridized carbons (Fsp3) is 0.200. The number of hydrogen-bond donors (Lipinski definition) is 1. The Balaban J connectivity index is 2.59. The van der Waals surface area contributed by atoms with Crippen LogP contribution in [0.1, 0.15) is 5.69 Å². The summed E-state index contributed by atoms with van der Waals surface area (Å²) in [5.41, 5.74) is 1.69. The lowest BCUT2D eigenvalue weighted by molar-refractivity contribution is 0.415. The van der Waals surface area contributed by atoms with Crippen LogP contribution in [0.2, 0.25) is 0 Å². The SMILES string of the molecule is COc1ccc2n[nH]c(CC#N)c2c1. The summed E-state index contributed by atoms with van der Waals surface area (Å²) in [6.45, 7) is 0. The van der Waals surface area contributed by atoms with Gasteiger partial charge in [-0.2, -0.15) is 10.4 Å². The third-order valence-electron chi connectivity index (χ3n) is 2.10. The number of nitrogens with zero attached hydrogens (tertiary/aromatic N) is 2. The summed E-state index contributed by atoms with van der Waals surface area (Å²) >= 11 is 0. The minimum Gasteiger partial charge on any atom is -0.497 e. The predicted molar refractivity (Wildman–Crippen MR) is 52.0 cm³/mol. The lowest BCUT2D eigenvalue weighted by Gasteiger charge is -1.98. The minimum absolute atomic E-state index is 0.337. The Morgan fingerprint density at radius 3 is 3.14 bits per heavy atom. The number of fused-ring (bicyclic) bond motifs is 1. The first kappa shape index (κ1) is 8.57. The molecule has 1 aromatic carbocycles. The molecule has 0 aliphatic rings. The van der Waals surface area contributed by atoms with Gasteiger partial charge in [-0.3, -0.25) is 5.10 Å². The monoisotopic (exact) mass is 187 g/mol. The Kier molecular flexibility index (Phi) is 2.07. The molecular weight excluding hydrogens is 178 g/mol. The van der Waals surface area contributed by atoms with Crippen LogP contribution in [-0.2, 0) is 6.42 Å². The molecule has 1 aromatic heterocycles. The molecule has 0 aliphatic heterocycles. The Morgan fingerprint density at radius 2 is 2.43 bits per heavy atom. The lowest BCUT2D eigenvalue weighted by atomic mass is 10.2. The zero-order chi connectivity index (χ0) is 9.97. The van der Waals surface area contributed by atoms with Crippen molar-refractivity contribution in [3.05, 3.63) is 23.9 Å². The number of benzene rings is 1. The second kappa shape index (κ2) is 3.38. The highest BCUT2D eigenvalue weighted by atomic mass is 16.5. The van der Waals surface area contributed by atoms with Crippen LogP contribution in [0.25, 0.3) is 10.9 Å². The molecular formula is C10H9N3O. The predicted octanol–water partition coefficient (Wildman–Crippen LogP) is 1.64. The molecule has 0 fully saturated rings. The van der Waals surface area contributed by atoms with E-state index in [0.717, 1.165) is 22.3 Å². The maximum atomic E-state index is 8.59. The summed E-state index contributed by atoms with van der Waals surface area (Å²) < 4.78 is 5.10. The van der Waals surface area contributed by atoms with E-state index in [4.69, 9.17) is 10.00 Å². The summed E-state index contributed by atoms with van der Waals surface area (Å²) in [5, 5.41) is 16.5. The van der Waals surface area contributed by atoms with E-state index in [0.29, 0.717) is 6.42 Å². The average Bonchev–Trinajstić information content (AvgIpc) is 2.61. The third kappa shape index (κ3) is 1.29. The van der Waals surface area contributed by atoms with Crippen LogP contribution < -0.4 is 4.74 Å². The van der Waals surface area contributed by atoms with Crippen molar-refractivity contribution in [1.82, 2.24) is 10.2 Å². The molecule has 0 bridgehead atoms. The fourth-order valence-corrected chi connectivity index (χ4v) is 1.38. The fourth-order valence-electron chi connectivity index (χ4n) is 1.38. The zero-order valence-electron chi connectivity index (χ0n) is 7.74. The van der Waals surface area contributed by atoms with Gasteiger partial charge in [-0.25, -0.2) is 0 Å². The molecule has 0 amide bonds. The molecule has 4 nitrogen and oxygen atoms in total. The number of nitrogens with one attached hydrogen (secondary N) is 1. The quantitative estimate of drug-likeness (QED) is 0.777. The number of ether oxygens (including phenoxy) is 1. The zero-order valence-corrected chi connectivity index (χ0v) is 7.74. The van der Waals surface area contributed by atoms with E-state index in [9.17, 15) is 0 Å². The Hall–Kier alpha value is -2.02. The van der Waals surface area contributed by atoms with E-state index < -0.39 is 0 Å². The van der Waals surface area contributed by atoms with E-state index in [1.165, 1.54) is 0 Å². The molecule has 1 heterocycles. The van der Waals surface area contributed by atoms with Gasteiger partial charge in [-0.15, -0.1) is 0 Å².